The van der Waals surface area contributed by atoms with Gasteiger partial charge in [0.25, 0.3) is 0 Å². The topological polar surface area (TPSA) is 84.8 Å². The van der Waals surface area contributed by atoms with Crippen LogP contribution < -0.4 is 9.46 Å². The number of rotatable bonds is 1. The zero-order valence-corrected chi connectivity index (χ0v) is 24.2. The maximum Gasteiger partial charge on any atom is 0.230 e. The number of nitrogens with one attached hydrogen (secondary N) is 2. The summed E-state index contributed by atoms with van der Waals surface area (Å²) in [5.41, 5.74) is 1.91. The molecule has 0 saturated carbocycles. The standard InChI is InChI=1S/C32H31F2N5O2S/c1-32(20-8-4-3-5-9-20)15-6-7-17-42-38-28(40)13-11-23-22-14-16-35-27(22)19-26(34)29(23)41-21-10-12-25(33)24(18-21)30-36-31(32)37-39(30)2/h3-5,8-10,12,14,16,18-19,35H,6-7,11,13,15,17H2,1-2H3,(H,38,40). The number of amides is 1. The smallest absolute Gasteiger partial charge is 0.230 e. The molecular weight excluding hydrogens is 556 g/mol. The van der Waals surface area contributed by atoms with Crippen molar-refractivity contribution in [3.8, 4) is 22.9 Å². The van der Waals surface area contributed by atoms with E-state index in [4.69, 9.17) is 14.8 Å². The largest absolute Gasteiger partial charge is 0.454 e. The number of carbonyl (C=O) groups excluding carboxylic acids is 1. The van der Waals surface area contributed by atoms with Gasteiger partial charge in [0.15, 0.2) is 23.2 Å². The minimum atomic E-state index is -0.578. The van der Waals surface area contributed by atoms with Gasteiger partial charge in [0.05, 0.1) is 11.0 Å². The van der Waals surface area contributed by atoms with Gasteiger partial charge in [0, 0.05) is 48.0 Å². The number of carbonyl (C=O) groups is 1. The first-order chi connectivity index (χ1) is 20.3. The van der Waals surface area contributed by atoms with Gasteiger partial charge >= 0.3 is 0 Å². The Balaban J connectivity index is 1.46. The van der Waals surface area contributed by atoms with Gasteiger partial charge < -0.3 is 14.4 Å². The molecule has 0 spiro atoms. The number of nitrogens with zero attached hydrogens (tertiary/aromatic N) is 3. The Kier molecular flexibility index (Phi) is 7.72. The molecule has 10 heteroatoms. The highest BCUT2D eigenvalue weighted by molar-refractivity contribution is 7.97. The van der Waals surface area contributed by atoms with Crippen molar-refractivity contribution in [2.45, 2.75) is 44.4 Å². The van der Waals surface area contributed by atoms with Crippen molar-refractivity contribution in [1.82, 2.24) is 24.5 Å². The lowest BCUT2D eigenvalue weighted by atomic mass is 9.77. The van der Waals surface area contributed by atoms with Gasteiger partial charge in [-0.05, 0) is 56.0 Å². The molecule has 42 heavy (non-hydrogen) atoms. The van der Waals surface area contributed by atoms with Crippen molar-refractivity contribution in [3.05, 3.63) is 95.4 Å². The molecule has 5 aromatic rings. The highest BCUT2D eigenvalue weighted by atomic mass is 32.2. The summed E-state index contributed by atoms with van der Waals surface area (Å²) in [6, 6.07) is 17.5. The molecule has 3 heterocycles. The van der Waals surface area contributed by atoms with E-state index < -0.39 is 17.0 Å². The molecule has 7 nitrogen and oxygen atoms in total. The maximum atomic E-state index is 15.4. The summed E-state index contributed by atoms with van der Waals surface area (Å²) in [5.74, 6) is 0.716. The van der Waals surface area contributed by atoms with Gasteiger partial charge in [-0.3, -0.25) is 4.79 Å². The number of halogens is 2. The molecule has 1 unspecified atom stereocenters. The van der Waals surface area contributed by atoms with Crippen molar-refractivity contribution in [2.75, 3.05) is 5.75 Å². The molecule has 2 N–H and O–H groups in total. The van der Waals surface area contributed by atoms with Gasteiger partial charge in [-0.2, -0.15) is 5.10 Å². The quantitative estimate of drug-likeness (QED) is 0.202. The van der Waals surface area contributed by atoms with Gasteiger partial charge in [-0.1, -0.05) is 48.7 Å². The van der Waals surface area contributed by atoms with E-state index in [1.165, 1.54) is 36.2 Å². The van der Waals surface area contributed by atoms with E-state index in [0.717, 1.165) is 36.0 Å². The van der Waals surface area contributed by atoms with Crippen LogP contribution in [0.5, 0.6) is 11.5 Å². The third-order valence-corrected chi connectivity index (χ3v) is 8.76. The van der Waals surface area contributed by atoms with Crippen LogP contribution in [0.1, 0.15) is 49.6 Å². The fourth-order valence-electron chi connectivity index (χ4n) is 5.56. The third-order valence-electron chi connectivity index (χ3n) is 7.89. The van der Waals surface area contributed by atoms with Crippen LogP contribution in [-0.4, -0.2) is 31.4 Å². The Morgan fingerprint density at radius 2 is 1.86 bits per heavy atom. The van der Waals surface area contributed by atoms with Crippen LogP contribution in [-0.2, 0) is 23.7 Å². The summed E-state index contributed by atoms with van der Waals surface area (Å²) >= 11 is 1.38. The molecule has 6 rings (SSSR count). The Labute approximate surface area is 246 Å². The normalized spacial score (nSPS) is 18.3. The predicted octanol–water partition coefficient (Wildman–Crippen LogP) is 7.22. The summed E-state index contributed by atoms with van der Waals surface area (Å²) in [6.45, 7) is 2.11. The number of benzene rings is 3. The second kappa shape index (κ2) is 11.6. The van der Waals surface area contributed by atoms with Gasteiger partial charge in [0.2, 0.25) is 5.91 Å². The van der Waals surface area contributed by atoms with Crippen molar-refractivity contribution in [1.29, 1.82) is 0 Å². The lowest BCUT2D eigenvalue weighted by Crippen LogP contribution is -2.26. The summed E-state index contributed by atoms with van der Waals surface area (Å²) in [7, 11) is 1.74. The number of aromatic nitrogens is 4. The molecule has 2 aromatic heterocycles. The van der Waals surface area contributed by atoms with E-state index in [9.17, 15) is 4.79 Å². The van der Waals surface area contributed by atoms with Crippen LogP contribution >= 0.6 is 11.9 Å². The minimum absolute atomic E-state index is 0.00772. The van der Waals surface area contributed by atoms with Crippen LogP contribution in [0.3, 0.4) is 0 Å². The molecule has 0 radical (unpaired) electrons. The fourth-order valence-corrected chi connectivity index (χ4v) is 6.27. The number of fused-ring (bicyclic) bond motifs is 8. The predicted molar refractivity (Wildman–Crippen MR) is 160 cm³/mol. The van der Waals surface area contributed by atoms with Crippen molar-refractivity contribution >= 4 is 28.8 Å². The first-order valence-corrected chi connectivity index (χ1v) is 15.0. The van der Waals surface area contributed by atoms with E-state index in [1.807, 2.05) is 24.3 Å². The van der Waals surface area contributed by atoms with Crippen LogP contribution in [0.15, 0.2) is 66.9 Å². The molecule has 4 bridgehead atoms. The number of hydrogen-bond acceptors (Lipinski definition) is 5. The molecule has 0 fully saturated rings. The van der Waals surface area contributed by atoms with E-state index in [2.05, 4.69) is 28.8 Å². The molecule has 1 aliphatic heterocycles. The SMILES string of the molecule is Cn1nc2nc1-c1cc(ccc1F)Oc1c(F)cc3[nH]ccc3c1CCC(=O)NSCCCCC2(C)c1ccccc1. The molecular formula is C32H31F2N5O2S. The van der Waals surface area contributed by atoms with Crippen molar-refractivity contribution < 1.29 is 18.3 Å². The highest BCUT2D eigenvalue weighted by Gasteiger charge is 2.34. The summed E-state index contributed by atoms with van der Waals surface area (Å²) in [5, 5.41) is 5.53. The Morgan fingerprint density at radius 3 is 2.69 bits per heavy atom. The minimum Gasteiger partial charge on any atom is -0.454 e. The number of H-pyrrole nitrogens is 1. The second-order valence-electron chi connectivity index (χ2n) is 10.8. The van der Waals surface area contributed by atoms with E-state index in [0.29, 0.717) is 22.7 Å². The summed E-state index contributed by atoms with van der Waals surface area (Å²) in [6.07, 6.45) is 4.66. The number of ether oxygens (including phenoxy) is 1. The van der Waals surface area contributed by atoms with Crippen LogP contribution in [0.4, 0.5) is 8.78 Å². The molecule has 0 saturated heterocycles. The van der Waals surface area contributed by atoms with E-state index in [-0.39, 0.29) is 35.8 Å². The lowest BCUT2D eigenvalue weighted by Gasteiger charge is -2.27. The summed E-state index contributed by atoms with van der Waals surface area (Å²) < 4.78 is 41.4. The first-order valence-electron chi connectivity index (χ1n) is 14.0. The molecule has 1 atom stereocenters. The Morgan fingerprint density at radius 1 is 1.02 bits per heavy atom. The zero-order valence-electron chi connectivity index (χ0n) is 23.4. The van der Waals surface area contributed by atoms with Crippen molar-refractivity contribution in [3.63, 3.8) is 0 Å². The average molecular weight is 588 g/mol. The highest BCUT2D eigenvalue weighted by Crippen LogP contribution is 2.39. The number of aromatic amines is 1. The number of aryl methyl sites for hydroxylation is 2. The molecule has 0 aliphatic carbocycles. The third kappa shape index (κ3) is 5.38. The Hall–Kier alpha value is -4.18. The number of hydrogen-bond donors (Lipinski definition) is 2. The van der Waals surface area contributed by atoms with E-state index in [1.54, 1.807) is 17.9 Å². The van der Waals surface area contributed by atoms with Crippen LogP contribution in [0, 0.1) is 11.6 Å². The molecule has 216 valence electrons. The first kappa shape index (κ1) is 28.0. The molecule has 1 aliphatic rings. The van der Waals surface area contributed by atoms with E-state index >= 15 is 8.78 Å². The van der Waals surface area contributed by atoms with Crippen LogP contribution in [0.25, 0.3) is 22.3 Å². The van der Waals surface area contributed by atoms with Gasteiger partial charge in [-0.15, -0.1) is 0 Å². The molecule has 1 amide bonds. The fraction of sp³-hybridized carbons (Fsp3) is 0.281. The summed E-state index contributed by atoms with van der Waals surface area (Å²) in [4.78, 5) is 20.6. The zero-order chi connectivity index (χ0) is 29.3. The van der Waals surface area contributed by atoms with Crippen LogP contribution in [0.2, 0.25) is 0 Å². The van der Waals surface area contributed by atoms with Gasteiger partial charge in [0.1, 0.15) is 11.6 Å². The maximum absolute atomic E-state index is 15.4. The lowest BCUT2D eigenvalue weighted by molar-refractivity contribution is -0.119. The average Bonchev–Trinajstić information content (AvgIpc) is 3.62. The second-order valence-corrected chi connectivity index (χ2v) is 11.7. The van der Waals surface area contributed by atoms with Crippen molar-refractivity contribution in [2.24, 2.45) is 7.05 Å². The monoisotopic (exact) mass is 587 g/mol. The van der Waals surface area contributed by atoms with Gasteiger partial charge in [-0.25, -0.2) is 18.4 Å². The molecule has 3 aromatic carbocycles. The Bertz CT molecular complexity index is 1750.